The molecule has 23 heavy (non-hydrogen) atoms. The van der Waals surface area contributed by atoms with Gasteiger partial charge in [0, 0.05) is 13.0 Å². The van der Waals surface area contributed by atoms with Crippen LogP contribution in [0, 0.1) is 11.8 Å². The fraction of sp³-hybridized carbons (Fsp3) is 0.438. The highest BCUT2D eigenvalue weighted by Crippen LogP contribution is 2.15. The van der Waals surface area contributed by atoms with Gasteiger partial charge in [0.25, 0.3) is 0 Å². The molecule has 0 aliphatic carbocycles. The Balaban J connectivity index is 2.27. The maximum Gasteiger partial charge on any atom is 0.428 e. The topological polar surface area (TPSA) is 89.3 Å². The van der Waals surface area contributed by atoms with Gasteiger partial charge in [-0.15, -0.1) is 9.89 Å². The summed E-state index contributed by atoms with van der Waals surface area (Å²) in [7, 11) is 0. The van der Waals surface area contributed by atoms with Crippen molar-refractivity contribution in [3.8, 4) is 11.8 Å². The number of carbonyl (C=O) groups is 1. The van der Waals surface area contributed by atoms with E-state index >= 15 is 0 Å². The zero-order chi connectivity index (χ0) is 16.9. The number of fused-ring (bicyclic) bond motifs is 1. The van der Waals surface area contributed by atoms with Gasteiger partial charge in [0.2, 0.25) is 0 Å². The van der Waals surface area contributed by atoms with Crippen molar-refractivity contribution in [2.45, 2.75) is 39.2 Å². The van der Waals surface area contributed by atoms with Crippen LogP contribution in [0.4, 0.5) is 4.79 Å². The number of benzene rings is 1. The van der Waals surface area contributed by atoms with Crippen LogP contribution in [-0.4, -0.2) is 38.5 Å². The summed E-state index contributed by atoms with van der Waals surface area (Å²) in [5.74, 6) is 6.00. The van der Waals surface area contributed by atoms with E-state index in [1.165, 1.54) is 4.79 Å². The second-order valence-electron chi connectivity index (χ2n) is 5.92. The molecule has 2 rings (SSSR count). The van der Waals surface area contributed by atoms with E-state index in [1.807, 2.05) is 12.1 Å². The lowest BCUT2D eigenvalue weighted by atomic mass is 10.2. The first-order chi connectivity index (χ1) is 10.9. The molecule has 0 bridgehead atoms. The van der Waals surface area contributed by atoms with Crippen LogP contribution >= 0.6 is 0 Å². The molecule has 122 valence electrons. The van der Waals surface area contributed by atoms with E-state index in [2.05, 4.69) is 27.6 Å². The summed E-state index contributed by atoms with van der Waals surface area (Å²) in [6, 6.07) is 5.43. The number of ether oxygens (including phenoxy) is 1. The molecule has 7 heteroatoms. The summed E-state index contributed by atoms with van der Waals surface area (Å²) in [4.78, 5) is 13.2. The number of hydrogen-bond acceptors (Lipinski definition) is 5. The summed E-state index contributed by atoms with van der Waals surface area (Å²) in [5.41, 5.74) is 3.86. The maximum absolute atomic E-state index is 11.9. The first kappa shape index (κ1) is 16.8. The molecule has 1 heterocycles. The second kappa shape index (κ2) is 7.11. The molecule has 0 radical (unpaired) electrons. The minimum absolute atomic E-state index is 0.110. The second-order valence-corrected chi connectivity index (χ2v) is 5.92. The van der Waals surface area contributed by atoms with Crippen LogP contribution < -0.4 is 5.43 Å². The van der Waals surface area contributed by atoms with E-state index in [0.717, 1.165) is 0 Å². The van der Waals surface area contributed by atoms with Crippen molar-refractivity contribution in [2.24, 2.45) is 0 Å². The Labute approximate surface area is 134 Å². The highest BCUT2D eigenvalue weighted by Gasteiger charge is 2.18. The Morgan fingerprint density at radius 1 is 1.43 bits per heavy atom. The molecule has 7 nitrogen and oxygen atoms in total. The predicted molar refractivity (Wildman–Crippen MR) is 86.3 cm³/mol. The summed E-state index contributed by atoms with van der Waals surface area (Å²) in [6.07, 6.45) is 0.595. The quantitative estimate of drug-likeness (QED) is 0.668. The van der Waals surface area contributed by atoms with Crippen molar-refractivity contribution >= 4 is 17.1 Å². The molecular formula is C16H20N4O3. The molecule has 1 aromatic carbocycles. The smallest absolute Gasteiger partial charge is 0.428 e. The standard InChI is InChI=1S/C16H20N4O3/c1-16(2,3)23-15(22)18-20-14-12(8-5-4-6-11-21)9-7-10-13(14)17-19-20/h7,9-10,21H,4,6,11H2,1-3H3,(H,18,22). The van der Waals surface area contributed by atoms with Crippen molar-refractivity contribution in [3.05, 3.63) is 23.8 Å². The van der Waals surface area contributed by atoms with Crippen LogP contribution in [0.5, 0.6) is 0 Å². The van der Waals surface area contributed by atoms with Crippen LogP contribution in [0.15, 0.2) is 18.2 Å². The highest BCUT2D eigenvalue weighted by atomic mass is 16.6. The number of aliphatic hydroxyl groups is 1. The average Bonchev–Trinajstić information content (AvgIpc) is 2.85. The molecule has 0 saturated heterocycles. The number of para-hydroxylation sites is 1. The van der Waals surface area contributed by atoms with Gasteiger partial charge in [-0.25, -0.2) is 10.2 Å². The highest BCUT2D eigenvalue weighted by molar-refractivity contribution is 5.84. The number of nitrogens with zero attached hydrogens (tertiary/aromatic N) is 3. The number of aromatic nitrogens is 3. The van der Waals surface area contributed by atoms with Gasteiger partial charge in [0.15, 0.2) is 0 Å². The third-order valence-corrected chi connectivity index (χ3v) is 2.75. The van der Waals surface area contributed by atoms with Gasteiger partial charge in [0.05, 0.1) is 5.56 Å². The summed E-state index contributed by atoms with van der Waals surface area (Å²) in [5, 5.41) is 16.7. The summed E-state index contributed by atoms with van der Waals surface area (Å²) >= 11 is 0. The van der Waals surface area contributed by atoms with Crippen LogP contribution in [-0.2, 0) is 4.74 Å². The molecule has 1 aromatic heterocycles. The van der Waals surface area contributed by atoms with Gasteiger partial charge in [-0.05, 0) is 44.5 Å². The fourth-order valence-corrected chi connectivity index (χ4v) is 1.86. The lowest BCUT2D eigenvalue weighted by Crippen LogP contribution is -2.32. The molecule has 0 saturated carbocycles. The van der Waals surface area contributed by atoms with Gasteiger partial charge < -0.3 is 9.84 Å². The monoisotopic (exact) mass is 316 g/mol. The Hall–Kier alpha value is -2.59. The fourth-order valence-electron chi connectivity index (χ4n) is 1.86. The lowest BCUT2D eigenvalue weighted by molar-refractivity contribution is 0.0610. The number of aliphatic hydroxyl groups excluding tert-OH is 1. The molecule has 2 aromatic rings. The largest absolute Gasteiger partial charge is 0.443 e. The lowest BCUT2D eigenvalue weighted by Gasteiger charge is -2.19. The van der Waals surface area contributed by atoms with Gasteiger partial charge in [-0.1, -0.05) is 17.9 Å². The first-order valence-corrected chi connectivity index (χ1v) is 7.35. The zero-order valence-electron chi connectivity index (χ0n) is 13.5. The van der Waals surface area contributed by atoms with E-state index < -0.39 is 11.7 Å². The number of unbranched alkanes of at least 4 members (excludes halogenated alkanes) is 1. The Bertz CT molecular complexity index is 750. The molecule has 0 atom stereocenters. The van der Waals surface area contributed by atoms with E-state index in [1.54, 1.807) is 26.8 Å². The third-order valence-electron chi connectivity index (χ3n) is 2.75. The Kier molecular flexibility index (Phi) is 5.19. The van der Waals surface area contributed by atoms with Crippen molar-refractivity contribution in [1.82, 2.24) is 15.1 Å². The van der Waals surface area contributed by atoms with E-state index in [9.17, 15) is 4.79 Å². The van der Waals surface area contributed by atoms with Crippen molar-refractivity contribution in [3.63, 3.8) is 0 Å². The van der Waals surface area contributed by atoms with E-state index in [0.29, 0.717) is 29.4 Å². The zero-order valence-corrected chi connectivity index (χ0v) is 13.5. The van der Waals surface area contributed by atoms with Gasteiger partial charge >= 0.3 is 6.09 Å². The Morgan fingerprint density at radius 2 is 2.22 bits per heavy atom. The van der Waals surface area contributed by atoms with E-state index in [4.69, 9.17) is 9.84 Å². The van der Waals surface area contributed by atoms with E-state index in [-0.39, 0.29) is 6.61 Å². The SMILES string of the molecule is CC(C)(C)OC(=O)Nn1nnc2cccc(C#CCCCO)c21. The predicted octanol–water partition coefficient (Wildman–Crippen LogP) is 2.03. The summed E-state index contributed by atoms with van der Waals surface area (Å²) < 4.78 is 5.21. The van der Waals surface area contributed by atoms with Crippen LogP contribution in [0.25, 0.3) is 11.0 Å². The minimum Gasteiger partial charge on any atom is -0.443 e. The van der Waals surface area contributed by atoms with Crippen LogP contribution in [0.1, 0.15) is 39.2 Å². The van der Waals surface area contributed by atoms with Crippen LogP contribution in [0.2, 0.25) is 0 Å². The Morgan fingerprint density at radius 3 is 2.91 bits per heavy atom. The third kappa shape index (κ3) is 4.69. The number of amides is 1. The molecule has 2 N–H and O–H groups in total. The normalized spacial score (nSPS) is 11.0. The molecule has 0 aliphatic rings. The minimum atomic E-state index is -0.618. The number of hydrogen-bond donors (Lipinski definition) is 2. The molecule has 0 fully saturated rings. The van der Waals surface area contributed by atoms with Crippen molar-refractivity contribution < 1.29 is 14.6 Å². The average molecular weight is 316 g/mol. The number of carbonyl (C=O) groups excluding carboxylic acids is 1. The van der Waals surface area contributed by atoms with Gasteiger partial charge in [-0.2, -0.15) is 0 Å². The van der Waals surface area contributed by atoms with Gasteiger partial charge in [-0.3, -0.25) is 0 Å². The number of nitrogens with one attached hydrogen (secondary N) is 1. The van der Waals surface area contributed by atoms with Crippen molar-refractivity contribution in [2.75, 3.05) is 12.0 Å². The van der Waals surface area contributed by atoms with Crippen LogP contribution in [0.3, 0.4) is 0 Å². The molecule has 0 unspecified atom stereocenters. The summed E-state index contributed by atoms with van der Waals surface area (Å²) in [6.45, 7) is 5.46. The van der Waals surface area contributed by atoms with Crippen molar-refractivity contribution in [1.29, 1.82) is 0 Å². The molecule has 1 amide bonds. The maximum atomic E-state index is 11.9. The molecule has 0 spiro atoms. The van der Waals surface area contributed by atoms with Gasteiger partial charge in [0.1, 0.15) is 16.6 Å². The molecule has 0 aliphatic heterocycles. The first-order valence-electron chi connectivity index (χ1n) is 7.35. The number of rotatable bonds is 3. The molecular weight excluding hydrogens is 296 g/mol.